The molecule has 2 aromatic carbocycles. The van der Waals surface area contributed by atoms with Gasteiger partial charge in [-0.2, -0.15) is 0 Å². The Morgan fingerprint density at radius 2 is 1.29 bits per heavy atom. The van der Waals surface area contributed by atoms with Gasteiger partial charge in [0, 0.05) is 11.6 Å². The first kappa shape index (κ1) is 19.0. The summed E-state index contributed by atoms with van der Waals surface area (Å²) < 4.78 is 26.3. The zero-order valence-corrected chi connectivity index (χ0v) is 15.5. The van der Waals surface area contributed by atoms with Crippen molar-refractivity contribution in [2.24, 2.45) is 0 Å². The summed E-state index contributed by atoms with van der Waals surface area (Å²) in [6.07, 6.45) is 0. The van der Waals surface area contributed by atoms with Crippen molar-refractivity contribution >= 4 is 11.0 Å². The van der Waals surface area contributed by atoms with E-state index >= 15 is 0 Å². The predicted octanol–water partition coefficient (Wildman–Crippen LogP) is 2.61. The average Bonchev–Trinajstić information content (AvgIpc) is 2.66. The number of hydrogen-bond donors (Lipinski definition) is 3. The van der Waals surface area contributed by atoms with Crippen LogP contribution in [0.4, 0.5) is 0 Å². The van der Waals surface area contributed by atoms with E-state index in [0.717, 1.165) is 6.07 Å². The standard InChI is InChI=1S/C19H18O9/c1-24-15-10(21)5-8(6-11(15)22)12-7-9(20)13-14(23)17(25-2)19(27-4)18(26-3)16(13)28-12/h5-7,21-23H,1-4H3. The van der Waals surface area contributed by atoms with Crippen molar-refractivity contribution in [1.82, 2.24) is 0 Å². The highest BCUT2D eigenvalue weighted by Crippen LogP contribution is 2.50. The van der Waals surface area contributed by atoms with Gasteiger partial charge in [0.15, 0.2) is 28.3 Å². The molecule has 9 heteroatoms. The zero-order chi connectivity index (χ0) is 20.6. The Morgan fingerprint density at radius 3 is 1.79 bits per heavy atom. The molecule has 0 bridgehead atoms. The molecule has 3 rings (SSSR count). The SMILES string of the molecule is COc1c(O)cc(-c2cc(=O)c3c(O)c(OC)c(OC)c(OC)c3o2)cc1O. The summed E-state index contributed by atoms with van der Waals surface area (Å²) in [5, 5.41) is 30.3. The Hall–Kier alpha value is -3.75. The molecule has 0 fully saturated rings. The van der Waals surface area contributed by atoms with E-state index in [-0.39, 0.29) is 56.8 Å². The summed E-state index contributed by atoms with van der Waals surface area (Å²) in [5.74, 6) is -1.26. The van der Waals surface area contributed by atoms with Gasteiger partial charge in [-0.05, 0) is 12.1 Å². The van der Waals surface area contributed by atoms with Gasteiger partial charge in [-0.15, -0.1) is 0 Å². The highest BCUT2D eigenvalue weighted by Gasteiger charge is 2.26. The number of phenols is 3. The summed E-state index contributed by atoms with van der Waals surface area (Å²) >= 11 is 0. The number of aromatic hydroxyl groups is 3. The molecule has 1 heterocycles. The van der Waals surface area contributed by atoms with Gasteiger partial charge in [0.05, 0.1) is 28.4 Å². The van der Waals surface area contributed by atoms with Gasteiger partial charge in [0.1, 0.15) is 11.1 Å². The van der Waals surface area contributed by atoms with Crippen molar-refractivity contribution in [3.8, 4) is 51.6 Å². The maximum Gasteiger partial charge on any atom is 0.211 e. The summed E-state index contributed by atoms with van der Waals surface area (Å²) in [4.78, 5) is 12.7. The smallest absolute Gasteiger partial charge is 0.211 e. The molecule has 0 amide bonds. The van der Waals surface area contributed by atoms with Crippen LogP contribution >= 0.6 is 0 Å². The van der Waals surface area contributed by atoms with E-state index in [1.165, 1.54) is 40.6 Å². The maximum absolute atomic E-state index is 12.7. The Kier molecular flexibility index (Phi) is 4.83. The number of fused-ring (bicyclic) bond motifs is 1. The van der Waals surface area contributed by atoms with E-state index in [0.29, 0.717) is 0 Å². The molecule has 3 N–H and O–H groups in total. The van der Waals surface area contributed by atoms with E-state index in [1.54, 1.807) is 0 Å². The molecule has 0 saturated carbocycles. The quantitative estimate of drug-likeness (QED) is 0.602. The Balaban J connectivity index is 2.39. The minimum absolute atomic E-state index is 0.00988. The molecule has 0 aliphatic heterocycles. The fraction of sp³-hybridized carbons (Fsp3) is 0.211. The van der Waals surface area contributed by atoms with E-state index in [2.05, 4.69) is 0 Å². The fourth-order valence-corrected chi connectivity index (χ4v) is 2.96. The molecule has 28 heavy (non-hydrogen) atoms. The van der Waals surface area contributed by atoms with Crippen LogP contribution in [0.2, 0.25) is 0 Å². The minimum Gasteiger partial charge on any atom is -0.504 e. The van der Waals surface area contributed by atoms with Crippen LogP contribution in [-0.4, -0.2) is 43.8 Å². The van der Waals surface area contributed by atoms with Gasteiger partial charge in [-0.3, -0.25) is 4.79 Å². The van der Waals surface area contributed by atoms with Gasteiger partial charge < -0.3 is 38.7 Å². The van der Waals surface area contributed by atoms with Crippen molar-refractivity contribution in [3.63, 3.8) is 0 Å². The molecular formula is C19H18O9. The normalized spacial score (nSPS) is 10.7. The Morgan fingerprint density at radius 1 is 0.750 bits per heavy atom. The van der Waals surface area contributed by atoms with Crippen LogP contribution in [0.25, 0.3) is 22.3 Å². The summed E-state index contributed by atoms with van der Waals surface area (Å²) in [7, 11) is 5.28. The summed E-state index contributed by atoms with van der Waals surface area (Å²) in [6.45, 7) is 0. The van der Waals surface area contributed by atoms with E-state index in [9.17, 15) is 20.1 Å². The molecule has 0 atom stereocenters. The minimum atomic E-state index is -0.595. The second-order valence-corrected chi connectivity index (χ2v) is 5.68. The number of benzene rings is 2. The van der Waals surface area contributed by atoms with Crippen LogP contribution in [-0.2, 0) is 0 Å². The highest BCUT2D eigenvalue weighted by atomic mass is 16.5. The van der Waals surface area contributed by atoms with Crippen molar-refractivity contribution in [1.29, 1.82) is 0 Å². The third-order valence-corrected chi connectivity index (χ3v) is 4.17. The van der Waals surface area contributed by atoms with Crippen LogP contribution < -0.4 is 24.4 Å². The summed E-state index contributed by atoms with van der Waals surface area (Å²) in [5.41, 5.74) is -0.483. The monoisotopic (exact) mass is 390 g/mol. The molecule has 0 spiro atoms. The molecule has 148 valence electrons. The molecule has 0 aliphatic rings. The van der Waals surface area contributed by atoms with Gasteiger partial charge in [0.25, 0.3) is 0 Å². The molecule has 0 unspecified atom stereocenters. The van der Waals surface area contributed by atoms with Crippen LogP contribution in [0.3, 0.4) is 0 Å². The highest BCUT2D eigenvalue weighted by molar-refractivity contribution is 5.95. The average molecular weight is 390 g/mol. The molecular weight excluding hydrogens is 372 g/mol. The maximum atomic E-state index is 12.7. The van der Waals surface area contributed by atoms with Crippen LogP contribution in [0.5, 0.6) is 40.2 Å². The summed E-state index contributed by atoms with van der Waals surface area (Å²) in [6, 6.07) is 3.62. The van der Waals surface area contributed by atoms with E-state index in [4.69, 9.17) is 23.4 Å². The van der Waals surface area contributed by atoms with Gasteiger partial charge in [0.2, 0.25) is 23.0 Å². The largest absolute Gasteiger partial charge is 0.504 e. The second kappa shape index (κ2) is 7.10. The van der Waals surface area contributed by atoms with Crippen LogP contribution in [0, 0.1) is 0 Å². The first-order chi connectivity index (χ1) is 13.4. The second-order valence-electron chi connectivity index (χ2n) is 5.68. The van der Waals surface area contributed by atoms with Crippen molar-refractivity contribution in [2.75, 3.05) is 28.4 Å². The molecule has 0 saturated heterocycles. The van der Waals surface area contributed by atoms with E-state index < -0.39 is 11.2 Å². The third kappa shape index (κ3) is 2.77. The lowest BCUT2D eigenvalue weighted by molar-refractivity contribution is 0.311. The molecule has 1 aromatic heterocycles. The number of ether oxygens (including phenoxy) is 4. The first-order valence-corrected chi connectivity index (χ1v) is 7.96. The van der Waals surface area contributed by atoms with Gasteiger partial charge in [-0.25, -0.2) is 0 Å². The van der Waals surface area contributed by atoms with Crippen molar-refractivity contribution in [3.05, 3.63) is 28.4 Å². The predicted molar refractivity (Wildman–Crippen MR) is 99.1 cm³/mol. The number of methoxy groups -OCH3 is 4. The lowest BCUT2D eigenvalue weighted by atomic mass is 10.1. The molecule has 9 nitrogen and oxygen atoms in total. The van der Waals surface area contributed by atoms with Gasteiger partial charge >= 0.3 is 0 Å². The Bertz CT molecular complexity index is 1090. The molecule has 0 aliphatic carbocycles. The van der Waals surface area contributed by atoms with E-state index in [1.807, 2.05) is 0 Å². The molecule has 3 aromatic rings. The lowest BCUT2D eigenvalue weighted by Crippen LogP contribution is -2.05. The topological polar surface area (TPSA) is 128 Å². The molecule has 0 radical (unpaired) electrons. The first-order valence-electron chi connectivity index (χ1n) is 7.96. The third-order valence-electron chi connectivity index (χ3n) is 4.17. The number of hydrogen-bond acceptors (Lipinski definition) is 9. The number of phenolic OH excluding ortho intramolecular Hbond substituents is 3. The van der Waals surface area contributed by atoms with Crippen LogP contribution in [0.15, 0.2) is 27.4 Å². The van der Waals surface area contributed by atoms with Crippen molar-refractivity contribution in [2.45, 2.75) is 0 Å². The Labute approximate surface area is 158 Å². The van der Waals surface area contributed by atoms with Crippen molar-refractivity contribution < 1.29 is 38.7 Å². The van der Waals surface area contributed by atoms with Gasteiger partial charge in [-0.1, -0.05) is 0 Å². The lowest BCUT2D eigenvalue weighted by Gasteiger charge is -2.16. The zero-order valence-electron chi connectivity index (χ0n) is 15.5. The van der Waals surface area contributed by atoms with Crippen LogP contribution in [0.1, 0.15) is 0 Å². The fourth-order valence-electron chi connectivity index (χ4n) is 2.96. The number of rotatable bonds is 5.